The minimum atomic E-state index is 0. The normalized spacial score (nSPS) is 12.8. The highest BCUT2D eigenvalue weighted by molar-refractivity contribution is 7.19. The predicted octanol–water partition coefficient (Wildman–Crippen LogP) is 10.5. The maximum Gasteiger partial charge on any atom is -0.0122 e. The fourth-order valence-corrected chi connectivity index (χ4v) is 5.33. The first-order valence-electron chi connectivity index (χ1n) is 12.9. The summed E-state index contributed by atoms with van der Waals surface area (Å²) in [6, 6.07) is 0. The first-order chi connectivity index (χ1) is 13.1. The van der Waals surface area contributed by atoms with Crippen molar-refractivity contribution >= 4 is 21.6 Å². The Balaban J connectivity index is 0. The molecule has 0 heterocycles. The van der Waals surface area contributed by atoms with E-state index in [1.165, 1.54) is 128 Å². The molecule has 0 aliphatic heterocycles. The summed E-state index contributed by atoms with van der Waals surface area (Å²) in [4.78, 5) is 0. The molecule has 0 aromatic carbocycles. The highest BCUT2D eigenvalue weighted by atomic mass is 35.5. The molecule has 0 spiro atoms. The summed E-state index contributed by atoms with van der Waals surface area (Å²) in [6.45, 7) is 9.38. The van der Waals surface area contributed by atoms with Crippen LogP contribution < -0.4 is 0 Å². The van der Waals surface area contributed by atoms with Crippen LogP contribution in [0, 0.1) is 5.92 Å². The molecule has 0 saturated heterocycles. The Hall–Kier alpha value is 0.720. The van der Waals surface area contributed by atoms with Crippen LogP contribution in [0.4, 0.5) is 0 Å². The van der Waals surface area contributed by atoms with Gasteiger partial charge < -0.3 is 0 Å². The van der Waals surface area contributed by atoms with E-state index in [0.29, 0.717) is 5.16 Å². The molecule has 2 unspecified atom stereocenters. The van der Waals surface area contributed by atoms with Crippen LogP contribution in [0.25, 0.3) is 0 Å². The van der Waals surface area contributed by atoms with Crippen molar-refractivity contribution in [3.8, 4) is 0 Å². The Morgan fingerprint density at radius 3 is 1.29 bits per heavy atom. The number of halogens is 1. The van der Waals surface area contributed by atoms with Crippen molar-refractivity contribution in [2.75, 3.05) is 0 Å². The van der Waals surface area contributed by atoms with Gasteiger partial charge in [0.15, 0.2) is 0 Å². The molecule has 0 amide bonds. The van der Waals surface area contributed by atoms with Gasteiger partial charge in [0.1, 0.15) is 0 Å². The highest BCUT2D eigenvalue weighted by Crippen LogP contribution is 2.43. The minimum Gasteiger partial charge on any atom is -0.147 e. The Morgan fingerprint density at radius 1 is 0.500 bits per heavy atom. The third-order valence-corrected chi connectivity index (χ3v) is 7.67. The number of rotatable bonds is 21. The zero-order chi connectivity index (χ0) is 20.2. The lowest BCUT2D eigenvalue weighted by molar-refractivity contribution is 0.274. The first-order valence-corrected chi connectivity index (χ1v) is 13.5. The Labute approximate surface area is 188 Å². The second-order valence-electron chi connectivity index (χ2n) is 9.25. The molecule has 0 aromatic rings. The summed E-state index contributed by atoms with van der Waals surface area (Å²) in [5.74, 6) is 0.939. The van der Waals surface area contributed by atoms with Crippen molar-refractivity contribution in [1.82, 2.24) is 0 Å². The van der Waals surface area contributed by atoms with Crippen LogP contribution in [0.15, 0.2) is 0 Å². The highest BCUT2D eigenvalue weighted by Gasteiger charge is 2.32. The maximum atomic E-state index is 3.39. The summed E-state index contributed by atoms with van der Waals surface area (Å²) < 4.78 is 0. The summed E-state index contributed by atoms with van der Waals surface area (Å²) in [6.07, 6.45) is 28.7. The summed E-state index contributed by atoms with van der Waals surface area (Å²) in [5.41, 5.74) is 0. The van der Waals surface area contributed by atoms with Gasteiger partial charge in [-0.2, -0.15) is 0 Å². The van der Waals surface area contributed by atoms with Gasteiger partial charge in [-0.25, -0.2) is 0 Å². The molecule has 0 rings (SSSR count). The maximum absolute atomic E-state index is 3.39. The molecule has 2 heteroatoms. The zero-order valence-corrected chi connectivity index (χ0v) is 22.2. The average molecular weight is 435 g/mol. The molecule has 0 saturated carbocycles. The van der Waals surface area contributed by atoms with Crippen molar-refractivity contribution in [3.05, 3.63) is 0 Å². The standard InChI is InChI=1S/C26H55P.ClH/c1-5-9-13-14-15-16-17-18-19-20-22-25(21-10-6-2)26(27,23-11-7-3)24-12-8-4;/h25H,5-24,27H2,1-4H3;1H. The van der Waals surface area contributed by atoms with Gasteiger partial charge in [0, 0.05) is 0 Å². The molecule has 0 aliphatic carbocycles. The number of hydrogen-bond donors (Lipinski definition) is 0. The average Bonchev–Trinajstić information content (AvgIpc) is 2.68. The van der Waals surface area contributed by atoms with Gasteiger partial charge in [-0.05, 0) is 36.8 Å². The molecule has 172 valence electrons. The van der Waals surface area contributed by atoms with E-state index < -0.39 is 0 Å². The van der Waals surface area contributed by atoms with Gasteiger partial charge in [-0.15, -0.1) is 21.6 Å². The number of hydrogen-bond acceptors (Lipinski definition) is 0. The van der Waals surface area contributed by atoms with Crippen molar-refractivity contribution in [3.63, 3.8) is 0 Å². The molecule has 28 heavy (non-hydrogen) atoms. The van der Waals surface area contributed by atoms with Crippen molar-refractivity contribution in [1.29, 1.82) is 0 Å². The largest absolute Gasteiger partial charge is 0.147 e. The Kier molecular flexibility index (Phi) is 24.7. The van der Waals surface area contributed by atoms with Gasteiger partial charge in [0.05, 0.1) is 0 Å². The summed E-state index contributed by atoms with van der Waals surface area (Å²) in [7, 11) is 3.39. The fraction of sp³-hybridized carbons (Fsp3) is 1.00. The fourth-order valence-electron chi connectivity index (χ4n) is 4.59. The van der Waals surface area contributed by atoms with E-state index in [4.69, 9.17) is 0 Å². The minimum absolute atomic E-state index is 0. The molecule has 2 atom stereocenters. The predicted molar refractivity (Wildman–Crippen MR) is 138 cm³/mol. The van der Waals surface area contributed by atoms with E-state index in [9.17, 15) is 0 Å². The van der Waals surface area contributed by atoms with Crippen molar-refractivity contribution in [2.24, 2.45) is 5.92 Å². The topological polar surface area (TPSA) is 0 Å². The van der Waals surface area contributed by atoms with Gasteiger partial charge in [-0.3, -0.25) is 0 Å². The zero-order valence-electron chi connectivity index (χ0n) is 20.2. The van der Waals surface area contributed by atoms with E-state index in [-0.39, 0.29) is 12.4 Å². The smallest absolute Gasteiger partial charge is 0.0122 e. The van der Waals surface area contributed by atoms with E-state index in [0.717, 1.165) is 5.92 Å². The van der Waals surface area contributed by atoms with E-state index >= 15 is 0 Å². The molecular weight excluding hydrogens is 379 g/mol. The molecule has 0 fully saturated rings. The monoisotopic (exact) mass is 434 g/mol. The lowest BCUT2D eigenvalue weighted by Crippen LogP contribution is -2.32. The molecule has 0 bridgehead atoms. The van der Waals surface area contributed by atoms with Crippen molar-refractivity contribution < 1.29 is 0 Å². The Morgan fingerprint density at radius 2 is 0.857 bits per heavy atom. The van der Waals surface area contributed by atoms with Crippen LogP contribution in [0.3, 0.4) is 0 Å². The third-order valence-electron chi connectivity index (χ3n) is 6.62. The molecule has 0 N–H and O–H groups in total. The van der Waals surface area contributed by atoms with E-state index in [1.54, 1.807) is 0 Å². The van der Waals surface area contributed by atoms with E-state index in [1.807, 2.05) is 0 Å². The van der Waals surface area contributed by atoms with Crippen LogP contribution in [-0.4, -0.2) is 5.16 Å². The second kappa shape index (κ2) is 22.4. The van der Waals surface area contributed by atoms with Crippen LogP contribution in [0.1, 0.15) is 156 Å². The first kappa shape index (κ1) is 30.9. The van der Waals surface area contributed by atoms with Crippen LogP contribution in [-0.2, 0) is 0 Å². The van der Waals surface area contributed by atoms with E-state index in [2.05, 4.69) is 36.9 Å². The lowest BCUT2D eigenvalue weighted by Gasteiger charge is -2.39. The van der Waals surface area contributed by atoms with Gasteiger partial charge in [0.25, 0.3) is 0 Å². The lowest BCUT2D eigenvalue weighted by atomic mass is 9.77. The van der Waals surface area contributed by atoms with Crippen LogP contribution in [0.5, 0.6) is 0 Å². The number of unbranched alkanes of at least 4 members (excludes halogenated alkanes) is 12. The third kappa shape index (κ3) is 16.5. The van der Waals surface area contributed by atoms with Crippen LogP contribution in [0.2, 0.25) is 0 Å². The van der Waals surface area contributed by atoms with Gasteiger partial charge >= 0.3 is 0 Å². The molecular formula is C26H56ClP. The van der Waals surface area contributed by atoms with Gasteiger partial charge in [-0.1, -0.05) is 130 Å². The molecule has 0 nitrogen and oxygen atoms in total. The molecule has 0 aliphatic rings. The SMILES string of the molecule is CCCCCCCCCCCCC(CCCC)C(P)(CCCC)CCCC.Cl. The molecule has 0 aromatic heterocycles. The van der Waals surface area contributed by atoms with Crippen molar-refractivity contribution in [2.45, 2.75) is 161 Å². The Bertz CT molecular complexity index is 284. The summed E-state index contributed by atoms with van der Waals surface area (Å²) >= 11 is 0. The molecule has 0 radical (unpaired) electrons. The second-order valence-corrected chi connectivity index (χ2v) is 10.4. The summed E-state index contributed by atoms with van der Waals surface area (Å²) in [5, 5.41) is 0.528. The quantitative estimate of drug-likeness (QED) is 0.124. The van der Waals surface area contributed by atoms with Crippen LogP contribution >= 0.6 is 21.6 Å². The van der Waals surface area contributed by atoms with Gasteiger partial charge in [0.2, 0.25) is 0 Å².